The van der Waals surface area contributed by atoms with Crippen LogP contribution in [0.15, 0.2) is 29.4 Å². The van der Waals surface area contributed by atoms with Gasteiger partial charge in [-0.1, -0.05) is 23.9 Å². The van der Waals surface area contributed by atoms with Crippen LogP contribution < -0.4 is 4.74 Å². The minimum absolute atomic E-state index is 0.201. The SMILES string of the molecule is Cc1nc(SCc2cccc(OCC(F)(F)F)c2)n[nH]1. The van der Waals surface area contributed by atoms with Gasteiger partial charge in [0.05, 0.1) is 0 Å². The predicted molar refractivity (Wildman–Crippen MR) is 68.7 cm³/mol. The van der Waals surface area contributed by atoms with Gasteiger partial charge in [-0.2, -0.15) is 13.2 Å². The third-order valence-electron chi connectivity index (χ3n) is 2.25. The number of alkyl halides is 3. The number of nitrogens with zero attached hydrogens (tertiary/aromatic N) is 2. The molecule has 0 fully saturated rings. The van der Waals surface area contributed by atoms with Gasteiger partial charge in [0, 0.05) is 5.75 Å². The Hall–Kier alpha value is -1.70. The number of ether oxygens (including phenoxy) is 1. The first-order chi connectivity index (χ1) is 9.42. The maximum atomic E-state index is 12.1. The van der Waals surface area contributed by atoms with Crippen LogP contribution >= 0.6 is 11.8 Å². The zero-order valence-electron chi connectivity index (χ0n) is 10.6. The second-order valence-electron chi connectivity index (χ2n) is 4.04. The van der Waals surface area contributed by atoms with E-state index < -0.39 is 12.8 Å². The first-order valence-electron chi connectivity index (χ1n) is 5.73. The third-order valence-corrected chi connectivity index (χ3v) is 3.16. The van der Waals surface area contributed by atoms with E-state index in [-0.39, 0.29) is 5.75 Å². The second kappa shape index (κ2) is 6.17. The van der Waals surface area contributed by atoms with E-state index in [1.54, 1.807) is 19.1 Å². The lowest BCUT2D eigenvalue weighted by atomic mass is 10.2. The molecule has 0 aliphatic carbocycles. The van der Waals surface area contributed by atoms with Gasteiger partial charge in [-0.05, 0) is 24.6 Å². The fourth-order valence-corrected chi connectivity index (χ4v) is 2.21. The molecule has 2 rings (SSSR count). The Labute approximate surface area is 117 Å². The highest BCUT2D eigenvalue weighted by Crippen LogP contribution is 2.23. The van der Waals surface area contributed by atoms with Gasteiger partial charge in [-0.3, -0.25) is 5.10 Å². The third kappa shape index (κ3) is 4.76. The van der Waals surface area contributed by atoms with Crippen LogP contribution in [0.2, 0.25) is 0 Å². The number of thioether (sulfide) groups is 1. The quantitative estimate of drug-likeness (QED) is 0.861. The molecule has 8 heteroatoms. The number of halogens is 3. The van der Waals surface area contributed by atoms with E-state index in [1.807, 2.05) is 6.07 Å². The van der Waals surface area contributed by atoms with Crippen LogP contribution in [0.4, 0.5) is 13.2 Å². The van der Waals surface area contributed by atoms with Crippen molar-refractivity contribution >= 4 is 11.8 Å². The number of aromatic amines is 1. The summed E-state index contributed by atoms with van der Waals surface area (Å²) < 4.78 is 40.9. The molecule has 0 bridgehead atoms. The number of H-pyrrole nitrogens is 1. The molecule has 0 amide bonds. The summed E-state index contributed by atoms with van der Waals surface area (Å²) in [6, 6.07) is 6.55. The average Bonchev–Trinajstić information content (AvgIpc) is 2.80. The van der Waals surface area contributed by atoms with Crippen molar-refractivity contribution in [2.24, 2.45) is 0 Å². The molecule has 1 aromatic heterocycles. The fraction of sp³-hybridized carbons (Fsp3) is 0.333. The Morgan fingerprint density at radius 1 is 1.35 bits per heavy atom. The molecule has 1 heterocycles. The molecular weight excluding hydrogens is 291 g/mol. The fourth-order valence-electron chi connectivity index (χ4n) is 1.42. The standard InChI is InChI=1S/C12H12F3N3OS/c1-8-16-11(18-17-8)20-6-9-3-2-4-10(5-9)19-7-12(13,14)15/h2-5H,6-7H2,1H3,(H,16,17,18). The summed E-state index contributed by atoms with van der Waals surface area (Å²) in [5.41, 5.74) is 0.845. The number of hydrogen-bond acceptors (Lipinski definition) is 4. The van der Waals surface area contributed by atoms with Crippen molar-refractivity contribution < 1.29 is 17.9 Å². The summed E-state index contributed by atoms with van der Waals surface area (Å²) in [4.78, 5) is 4.13. The van der Waals surface area contributed by atoms with Crippen molar-refractivity contribution in [1.82, 2.24) is 15.2 Å². The Balaban J connectivity index is 1.92. The Morgan fingerprint density at radius 3 is 2.80 bits per heavy atom. The Bertz CT molecular complexity index is 571. The van der Waals surface area contributed by atoms with Gasteiger partial charge in [0.15, 0.2) is 6.61 Å². The number of benzene rings is 1. The molecule has 0 radical (unpaired) electrons. The molecule has 0 unspecified atom stereocenters. The normalized spacial score (nSPS) is 11.6. The van der Waals surface area contributed by atoms with Crippen molar-refractivity contribution in [3.8, 4) is 5.75 Å². The maximum absolute atomic E-state index is 12.1. The van der Waals surface area contributed by atoms with Crippen LogP contribution in [0.25, 0.3) is 0 Å². The van der Waals surface area contributed by atoms with E-state index >= 15 is 0 Å². The molecule has 20 heavy (non-hydrogen) atoms. The molecule has 0 atom stereocenters. The minimum Gasteiger partial charge on any atom is -0.484 e. The van der Waals surface area contributed by atoms with Crippen LogP contribution in [0, 0.1) is 6.92 Å². The maximum Gasteiger partial charge on any atom is 0.422 e. The largest absolute Gasteiger partial charge is 0.484 e. The van der Waals surface area contributed by atoms with Crippen LogP contribution in [0.1, 0.15) is 11.4 Å². The minimum atomic E-state index is -4.33. The average molecular weight is 303 g/mol. The topological polar surface area (TPSA) is 50.8 Å². The van der Waals surface area contributed by atoms with Crippen LogP contribution in [0.3, 0.4) is 0 Å². The molecule has 0 saturated carbocycles. The molecule has 0 aliphatic heterocycles. The van der Waals surface area contributed by atoms with Gasteiger partial charge in [0.25, 0.3) is 0 Å². The molecule has 108 valence electrons. The van der Waals surface area contributed by atoms with Gasteiger partial charge in [0.1, 0.15) is 11.6 Å². The van der Waals surface area contributed by atoms with E-state index in [0.717, 1.165) is 11.4 Å². The number of hydrogen-bond donors (Lipinski definition) is 1. The number of aromatic nitrogens is 3. The lowest BCUT2D eigenvalue weighted by Crippen LogP contribution is -2.19. The summed E-state index contributed by atoms with van der Waals surface area (Å²) in [7, 11) is 0. The van der Waals surface area contributed by atoms with Crippen LogP contribution in [-0.4, -0.2) is 28.0 Å². The van der Waals surface area contributed by atoms with Gasteiger partial charge in [-0.15, -0.1) is 5.10 Å². The van der Waals surface area contributed by atoms with Crippen molar-refractivity contribution in [2.75, 3.05) is 6.61 Å². The number of nitrogens with one attached hydrogen (secondary N) is 1. The smallest absolute Gasteiger partial charge is 0.422 e. The molecule has 4 nitrogen and oxygen atoms in total. The highest BCUT2D eigenvalue weighted by Gasteiger charge is 2.28. The summed E-state index contributed by atoms with van der Waals surface area (Å²) in [6.45, 7) is 0.506. The van der Waals surface area contributed by atoms with E-state index in [0.29, 0.717) is 10.9 Å². The lowest BCUT2D eigenvalue weighted by Gasteiger charge is -2.09. The Morgan fingerprint density at radius 2 is 2.15 bits per heavy atom. The van der Waals surface area contributed by atoms with E-state index in [9.17, 15) is 13.2 Å². The molecule has 0 saturated heterocycles. The van der Waals surface area contributed by atoms with Gasteiger partial charge >= 0.3 is 6.18 Å². The zero-order chi connectivity index (χ0) is 14.6. The van der Waals surface area contributed by atoms with Crippen molar-refractivity contribution in [3.63, 3.8) is 0 Å². The second-order valence-corrected chi connectivity index (χ2v) is 4.99. The van der Waals surface area contributed by atoms with E-state index in [1.165, 1.54) is 17.8 Å². The highest BCUT2D eigenvalue weighted by molar-refractivity contribution is 7.98. The van der Waals surface area contributed by atoms with Gasteiger partial charge in [0.2, 0.25) is 5.16 Å². The summed E-state index contributed by atoms with van der Waals surface area (Å²) in [5.74, 6) is 1.47. The lowest BCUT2D eigenvalue weighted by molar-refractivity contribution is -0.153. The van der Waals surface area contributed by atoms with Crippen molar-refractivity contribution in [1.29, 1.82) is 0 Å². The molecule has 0 spiro atoms. The van der Waals surface area contributed by atoms with E-state index in [4.69, 9.17) is 4.74 Å². The molecule has 2 aromatic rings. The zero-order valence-corrected chi connectivity index (χ0v) is 11.4. The Kier molecular flexibility index (Phi) is 4.53. The molecule has 1 N–H and O–H groups in total. The summed E-state index contributed by atoms with van der Waals surface area (Å²) >= 11 is 1.40. The van der Waals surface area contributed by atoms with Gasteiger partial charge < -0.3 is 4.74 Å². The van der Waals surface area contributed by atoms with Crippen molar-refractivity contribution in [2.45, 2.75) is 24.0 Å². The van der Waals surface area contributed by atoms with Crippen LogP contribution in [0.5, 0.6) is 5.75 Å². The van der Waals surface area contributed by atoms with Crippen LogP contribution in [-0.2, 0) is 5.75 Å². The molecule has 0 aliphatic rings. The monoisotopic (exact) mass is 303 g/mol. The number of aryl methyl sites for hydroxylation is 1. The summed E-state index contributed by atoms with van der Waals surface area (Å²) in [5, 5.41) is 7.29. The van der Waals surface area contributed by atoms with Gasteiger partial charge in [-0.25, -0.2) is 4.98 Å². The summed E-state index contributed by atoms with van der Waals surface area (Å²) in [6.07, 6.45) is -4.33. The predicted octanol–water partition coefficient (Wildman–Crippen LogP) is 3.35. The molecule has 1 aromatic carbocycles. The first kappa shape index (κ1) is 14.7. The number of rotatable bonds is 5. The van der Waals surface area contributed by atoms with E-state index in [2.05, 4.69) is 15.2 Å². The molecular formula is C12H12F3N3OS. The first-order valence-corrected chi connectivity index (χ1v) is 6.71. The highest BCUT2D eigenvalue weighted by atomic mass is 32.2. The van der Waals surface area contributed by atoms with Crippen molar-refractivity contribution in [3.05, 3.63) is 35.7 Å².